The molecule has 0 aliphatic carbocycles. The summed E-state index contributed by atoms with van der Waals surface area (Å²) >= 11 is 0. The van der Waals surface area contributed by atoms with Crippen LogP contribution >= 0.6 is 0 Å². The minimum Gasteiger partial charge on any atom is -0.456 e. The summed E-state index contributed by atoms with van der Waals surface area (Å²) in [6.07, 6.45) is -0.0511. The Balaban J connectivity index is 1.48. The van der Waals surface area contributed by atoms with Gasteiger partial charge in [0.25, 0.3) is 5.91 Å². The van der Waals surface area contributed by atoms with Gasteiger partial charge in [-0.15, -0.1) is 0 Å². The van der Waals surface area contributed by atoms with E-state index in [-0.39, 0.29) is 18.6 Å². The van der Waals surface area contributed by atoms with E-state index in [4.69, 9.17) is 4.74 Å². The van der Waals surface area contributed by atoms with Gasteiger partial charge in [-0.25, -0.2) is 4.68 Å². The van der Waals surface area contributed by atoms with Crippen LogP contribution in [0.2, 0.25) is 0 Å². The average molecular weight is 405 g/mol. The number of amides is 1. The molecule has 1 N–H and O–H groups in total. The Morgan fingerprint density at radius 2 is 1.67 bits per heavy atom. The minimum atomic E-state index is -0.599. The molecule has 30 heavy (non-hydrogen) atoms. The molecule has 7 nitrogen and oxygen atoms in total. The van der Waals surface area contributed by atoms with E-state index in [2.05, 4.69) is 10.4 Å². The van der Waals surface area contributed by atoms with E-state index in [9.17, 15) is 14.4 Å². The number of nitrogens with zero attached hydrogens (tertiary/aromatic N) is 2. The van der Waals surface area contributed by atoms with Gasteiger partial charge in [0.15, 0.2) is 12.4 Å². The first-order valence-electron chi connectivity index (χ1n) is 9.60. The maximum atomic E-state index is 12.2. The van der Waals surface area contributed by atoms with Gasteiger partial charge in [0, 0.05) is 18.1 Å². The van der Waals surface area contributed by atoms with Crippen molar-refractivity contribution in [3.8, 4) is 5.69 Å². The number of aryl methyl sites for hydroxylation is 2. The molecule has 0 unspecified atom stereocenters. The first kappa shape index (κ1) is 21.0. The molecule has 0 spiro atoms. The van der Waals surface area contributed by atoms with Crippen LogP contribution < -0.4 is 5.32 Å². The molecule has 2 aromatic carbocycles. The summed E-state index contributed by atoms with van der Waals surface area (Å²) < 4.78 is 6.61. The Bertz CT molecular complexity index is 1040. The van der Waals surface area contributed by atoms with Gasteiger partial charge in [-0.05, 0) is 26.0 Å². The molecule has 1 amide bonds. The normalized spacial score (nSPS) is 10.5. The number of ether oxygens (including phenoxy) is 1. The molecule has 1 aromatic heterocycles. The van der Waals surface area contributed by atoms with Crippen LogP contribution in [0.1, 0.15) is 34.5 Å². The number of anilines is 1. The van der Waals surface area contributed by atoms with Crippen molar-refractivity contribution in [3.05, 3.63) is 77.5 Å². The van der Waals surface area contributed by atoms with Crippen molar-refractivity contribution < 1.29 is 19.1 Å². The number of para-hydroxylation sites is 1. The van der Waals surface area contributed by atoms with Gasteiger partial charge in [0.05, 0.1) is 17.8 Å². The van der Waals surface area contributed by atoms with E-state index in [1.807, 2.05) is 56.3 Å². The summed E-state index contributed by atoms with van der Waals surface area (Å²) in [5.41, 5.74) is 3.14. The number of hydrogen-bond acceptors (Lipinski definition) is 5. The highest BCUT2D eigenvalue weighted by Crippen LogP contribution is 2.16. The molecule has 1 heterocycles. The van der Waals surface area contributed by atoms with Crippen LogP contribution in [0.5, 0.6) is 0 Å². The second kappa shape index (κ2) is 9.65. The third kappa shape index (κ3) is 5.64. The zero-order chi connectivity index (χ0) is 21.5. The average Bonchev–Trinajstić information content (AvgIpc) is 3.11. The molecule has 0 radical (unpaired) electrons. The fourth-order valence-corrected chi connectivity index (χ4v) is 2.85. The zero-order valence-electron chi connectivity index (χ0n) is 16.9. The van der Waals surface area contributed by atoms with Gasteiger partial charge in [0.1, 0.15) is 5.82 Å². The van der Waals surface area contributed by atoms with Crippen LogP contribution in [0.4, 0.5) is 5.82 Å². The third-order valence-corrected chi connectivity index (χ3v) is 4.39. The van der Waals surface area contributed by atoms with Crippen molar-refractivity contribution in [2.75, 3.05) is 11.9 Å². The number of carbonyl (C=O) groups is 3. The fourth-order valence-electron chi connectivity index (χ4n) is 2.85. The van der Waals surface area contributed by atoms with Crippen molar-refractivity contribution in [2.24, 2.45) is 0 Å². The largest absolute Gasteiger partial charge is 0.456 e. The first-order valence-corrected chi connectivity index (χ1v) is 9.60. The molecular weight excluding hydrogens is 382 g/mol. The van der Waals surface area contributed by atoms with Gasteiger partial charge < -0.3 is 10.1 Å². The van der Waals surface area contributed by atoms with Crippen LogP contribution in [0.3, 0.4) is 0 Å². The second-order valence-corrected chi connectivity index (χ2v) is 6.92. The van der Waals surface area contributed by atoms with Crippen molar-refractivity contribution >= 4 is 23.5 Å². The predicted octanol–water partition coefficient (Wildman–Crippen LogP) is 3.63. The van der Waals surface area contributed by atoms with E-state index in [0.717, 1.165) is 16.9 Å². The summed E-state index contributed by atoms with van der Waals surface area (Å²) in [7, 11) is 0. The molecule has 0 aliphatic heterocycles. The predicted molar refractivity (Wildman–Crippen MR) is 113 cm³/mol. The highest BCUT2D eigenvalue weighted by molar-refractivity contribution is 5.98. The van der Waals surface area contributed by atoms with Crippen LogP contribution in [0.25, 0.3) is 5.69 Å². The van der Waals surface area contributed by atoms with Crippen molar-refractivity contribution in [2.45, 2.75) is 26.7 Å². The second-order valence-electron chi connectivity index (χ2n) is 6.92. The van der Waals surface area contributed by atoms with E-state index in [1.165, 1.54) is 0 Å². The maximum Gasteiger partial charge on any atom is 0.306 e. The quantitative estimate of drug-likeness (QED) is 0.456. The van der Waals surface area contributed by atoms with Crippen LogP contribution in [0.15, 0.2) is 60.7 Å². The Labute approximate surface area is 174 Å². The van der Waals surface area contributed by atoms with Gasteiger partial charge in [-0.1, -0.05) is 48.0 Å². The lowest BCUT2D eigenvalue weighted by Crippen LogP contribution is -2.22. The number of benzene rings is 2. The van der Waals surface area contributed by atoms with E-state index >= 15 is 0 Å². The maximum absolute atomic E-state index is 12.2. The monoisotopic (exact) mass is 405 g/mol. The molecule has 0 saturated heterocycles. The van der Waals surface area contributed by atoms with Gasteiger partial charge in [-0.3, -0.25) is 14.4 Å². The molecule has 154 valence electrons. The lowest BCUT2D eigenvalue weighted by molar-refractivity contribution is -0.147. The fraction of sp³-hybridized carbons (Fsp3) is 0.217. The number of aromatic nitrogens is 2. The summed E-state index contributed by atoms with van der Waals surface area (Å²) in [5, 5.41) is 7.07. The summed E-state index contributed by atoms with van der Waals surface area (Å²) in [6.45, 7) is 3.32. The summed E-state index contributed by atoms with van der Waals surface area (Å²) in [4.78, 5) is 36.2. The molecule has 0 fully saturated rings. The van der Waals surface area contributed by atoms with E-state index in [1.54, 1.807) is 22.9 Å². The molecule has 0 aliphatic rings. The van der Waals surface area contributed by atoms with Crippen molar-refractivity contribution in [3.63, 3.8) is 0 Å². The van der Waals surface area contributed by atoms with E-state index in [0.29, 0.717) is 11.4 Å². The molecule has 0 bridgehead atoms. The lowest BCUT2D eigenvalue weighted by Gasteiger charge is -2.09. The Hall–Kier alpha value is -3.74. The number of Topliss-reactive ketones (excluding diaryl/α,β-unsaturated/α-hetero) is 1. The molecule has 7 heteroatoms. The Kier molecular flexibility index (Phi) is 6.75. The summed E-state index contributed by atoms with van der Waals surface area (Å²) in [5.74, 6) is -0.739. The third-order valence-electron chi connectivity index (χ3n) is 4.39. The van der Waals surface area contributed by atoms with E-state index < -0.39 is 18.5 Å². The number of esters is 1. The highest BCUT2D eigenvalue weighted by atomic mass is 16.5. The number of ketones is 1. The standard InChI is InChI=1S/C23H23N3O4/c1-16-8-10-18(11-9-16)20(27)12-13-23(29)30-15-22(28)24-21-14-17(2)25-26(21)19-6-4-3-5-7-19/h3-11,14H,12-13,15H2,1-2H3,(H,24,28). The first-order chi connectivity index (χ1) is 14.4. The lowest BCUT2D eigenvalue weighted by atomic mass is 10.1. The number of rotatable bonds is 8. The van der Waals surface area contributed by atoms with Crippen LogP contribution in [-0.4, -0.2) is 34.0 Å². The Morgan fingerprint density at radius 3 is 2.37 bits per heavy atom. The minimum absolute atomic E-state index is 0.0312. The van der Waals surface area contributed by atoms with Gasteiger partial charge >= 0.3 is 5.97 Å². The number of hydrogen-bond donors (Lipinski definition) is 1. The smallest absolute Gasteiger partial charge is 0.306 e. The van der Waals surface area contributed by atoms with Crippen molar-refractivity contribution in [1.29, 1.82) is 0 Å². The molecule has 3 aromatic rings. The summed E-state index contributed by atoms with van der Waals surface area (Å²) in [6, 6.07) is 18.3. The van der Waals surface area contributed by atoms with Gasteiger partial charge in [-0.2, -0.15) is 5.10 Å². The molecular formula is C23H23N3O4. The number of carbonyl (C=O) groups excluding carboxylic acids is 3. The SMILES string of the molecule is Cc1ccc(C(=O)CCC(=O)OCC(=O)Nc2cc(C)nn2-c2ccccc2)cc1. The van der Waals surface area contributed by atoms with Crippen molar-refractivity contribution in [1.82, 2.24) is 9.78 Å². The number of nitrogens with one attached hydrogen (secondary N) is 1. The highest BCUT2D eigenvalue weighted by Gasteiger charge is 2.14. The topological polar surface area (TPSA) is 90.3 Å². The molecule has 0 saturated carbocycles. The van der Waals surface area contributed by atoms with Crippen LogP contribution in [0, 0.1) is 13.8 Å². The molecule has 0 atom stereocenters. The van der Waals surface area contributed by atoms with Gasteiger partial charge in [0.2, 0.25) is 0 Å². The zero-order valence-corrected chi connectivity index (χ0v) is 16.9. The molecule has 3 rings (SSSR count). The van der Waals surface area contributed by atoms with Crippen LogP contribution in [-0.2, 0) is 14.3 Å². The Morgan fingerprint density at radius 1 is 0.967 bits per heavy atom.